The van der Waals surface area contributed by atoms with Crippen molar-refractivity contribution >= 4 is 23.6 Å². The molecular formula is C18H18FN5S2. The maximum atomic E-state index is 13.5. The fourth-order valence-electron chi connectivity index (χ4n) is 3.83. The molecule has 1 fully saturated rings. The zero-order valence-corrected chi connectivity index (χ0v) is 15.7. The third-order valence-electron chi connectivity index (χ3n) is 5.19. The smallest absolute Gasteiger partial charge is 0.221 e. The fourth-order valence-corrected chi connectivity index (χ4v) is 4.97. The van der Waals surface area contributed by atoms with Crippen molar-refractivity contribution in [1.82, 2.24) is 24.7 Å². The topological polar surface area (TPSA) is 38.9 Å². The lowest BCUT2D eigenvalue weighted by Gasteiger charge is -2.35. The normalized spacial score (nSPS) is 20.3. The molecular weight excluding hydrogens is 369 g/mol. The van der Waals surface area contributed by atoms with Crippen molar-refractivity contribution in [3.05, 3.63) is 56.7 Å². The average molecular weight is 388 g/mol. The van der Waals surface area contributed by atoms with Crippen molar-refractivity contribution in [3.8, 4) is 5.69 Å². The van der Waals surface area contributed by atoms with Gasteiger partial charge in [-0.05, 0) is 83.0 Å². The SMILES string of the molecule is Fc1cccc(-n2nnn(CN3CCc4sccc4[C@H]3C3CC3)c2=S)c1. The number of benzene rings is 1. The summed E-state index contributed by atoms with van der Waals surface area (Å²) in [6, 6.07) is 8.98. The number of hydrogen-bond acceptors (Lipinski definition) is 5. The van der Waals surface area contributed by atoms with Crippen LogP contribution in [0.4, 0.5) is 4.39 Å². The lowest BCUT2D eigenvalue weighted by molar-refractivity contribution is 0.116. The van der Waals surface area contributed by atoms with Crippen LogP contribution in [0.25, 0.3) is 5.69 Å². The number of tetrazole rings is 1. The highest BCUT2D eigenvalue weighted by Crippen LogP contribution is 2.48. The summed E-state index contributed by atoms with van der Waals surface area (Å²) < 4.78 is 17.3. The lowest BCUT2D eigenvalue weighted by atomic mass is 9.96. The van der Waals surface area contributed by atoms with Crippen molar-refractivity contribution in [2.75, 3.05) is 6.54 Å². The Morgan fingerprint density at radius 3 is 2.92 bits per heavy atom. The first kappa shape index (κ1) is 16.3. The Morgan fingerprint density at radius 1 is 1.23 bits per heavy atom. The summed E-state index contributed by atoms with van der Waals surface area (Å²) in [5, 5.41) is 10.6. The molecule has 2 aromatic heterocycles. The molecule has 0 bridgehead atoms. The second-order valence-corrected chi connectivity index (χ2v) is 8.30. The molecule has 2 aliphatic rings. The molecule has 0 saturated heterocycles. The van der Waals surface area contributed by atoms with Gasteiger partial charge in [-0.1, -0.05) is 6.07 Å². The molecule has 1 saturated carbocycles. The second kappa shape index (κ2) is 6.37. The monoisotopic (exact) mass is 387 g/mol. The summed E-state index contributed by atoms with van der Waals surface area (Å²) in [5.74, 6) is 0.421. The van der Waals surface area contributed by atoms with E-state index in [1.54, 1.807) is 16.8 Å². The Hall–Kier alpha value is -1.90. The predicted octanol–water partition coefficient (Wildman–Crippen LogP) is 3.97. The van der Waals surface area contributed by atoms with Crippen LogP contribution in [0.1, 0.15) is 29.3 Å². The van der Waals surface area contributed by atoms with E-state index >= 15 is 0 Å². The number of fused-ring (bicyclic) bond motifs is 1. The Labute approximate surface area is 159 Å². The molecule has 3 heterocycles. The summed E-state index contributed by atoms with van der Waals surface area (Å²) >= 11 is 7.42. The molecule has 3 aromatic rings. The van der Waals surface area contributed by atoms with E-state index in [2.05, 4.69) is 26.8 Å². The van der Waals surface area contributed by atoms with Gasteiger partial charge in [0.15, 0.2) is 0 Å². The van der Waals surface area contributed by atoms with Crippen molar-refractivity contribution in [2.24, 2.45) is 5.92 Å². The van der Waals surface area contributed by atoms with E-state index in [0.29, 0.717) is 23.2 Å². The molecule has 1 atom stereocenters. The molecule has 8 heteroatoms. The highest BCUT2D eigenvalue weighted by atomic mass is 32.1. The molecule has 26 heavy (non-hydrogen) atoms. The first-order chi connectivity index (χ1) is 12.7. The Morgan fingerprint density at radius 2 is 2.12 bits per heavy atom. The van der Waals surface area contributed by atoms with Crippen LogP contribution >= 0.6 is 23.6 Å². The molecule has 0 spiro atoms. The minimum Gasteiger partial charge on any atom is -0.276 e. The molecule has 0 amide bonds. The third-order valence-corrected chi connectivity index (χ3v) is 6.57. The number of hydrogen-bond donors (Lipinski definition) is 0. The standard InChI is InChI=1S/C18H18FN5S2/c19-13-2-1-3-14(10-13)24-18(25)23(20-21-24)11-22-8-6-16-15(7-9-26-16)17(22)12-4-5-12/h1-3,7,9-10,12,17H,4-6,8,11H2/t17-/m1/s1. The maximum absolute atomic E-state index is 13.5. The second-order valence-electron chi connectivity index (χ2n) is 6.94. The number of aromatic nitrogens is 4. The molecule has 0 unspecified atom stereocenters. The molecule has 134 valence electrons. The van der Waals surface area contributed by atoms with Gasteiger partial charge in [-0.2, -0.15) is 4.68 Å². The van der Waals surface area contributed by atoms with Gasteiger partial charge in [0, 0.05) is 17.5 Å². The van der Waals surface area contributed by atoms with E-state index in [1.165, 1.54) is 40.1 Å². The minimum absolute atomic E-state index is 0.311. The first-order valence-corrected chi connectivity index (χ1v) is 10.1. The van der Waals surface area contributed by atoms with E-state index in [9.17, 15) is 4.39 Å². The van der Waals surface area contributed by atoms with Crippen molar-refractivity contribution < 1.29 is 4.39 Å². The van der Waals surface area contributed by atoms with E-state index in [0.717, 1.165) is 18.9 Å². The van der Waals surface area contributed by atoms with Gasteiger partial charge >= 0.3 is 0 Å². The zero-order chi connectivity index (χ0) is 17.7. The van der Waals surface area contributed by atoms with Gasteiger partial charge in [0.05, 0.1) is 12.4 Å². The Bertz CT molecular complexity index is 1000. The van der Waals surface area contributed by atoms with Gasteiger partial charge in [-0.15, -0.1) is 11.3 Å². The molecule has 1 aromatic carbocycles. The van der Waals surface area contributed by atoms with E-state index < -0.39 is 0 Å². The predicted molar refractivity (Wildman–Crippen MR) is 100 cm³/mol. The van der Waals surface area contributed by atoms with Gasteiger partial charge < -0.3 is 0 Å². The number of nitrogens with zero attached hydrogens (tertiary/aromatic N) is 5. The van der Waals surface area contributed by atoms with Crippen LogP contribution in [0.3, 0.4) is 0 Å². The van der Waals surface area contributed by atoms with Crippen molar-refractivity contribution in [2.45, 2.75) is 32.0 Å². The summed E-state index contributed by atoms with van der Waals surface area (Å²) in [5.41, 5.74) is 2.08. The van der Waals surface area contributed by atoms with E-state index in [4.69, 9.17) is 12.2 Å². The fraction of sp³-hybridized carbons (Fsp3) is 0.389. The van der Waals surface area contributed by atoms with Crippen LogP contribution in [0.2, 0.25) is 0 Å². The highest BCUT2D eigenvalue weighted by Gasteiger charge is 2.40. The molecule has 1 aliphatic carbocycles. The summed E-state index contributed by atoms with van der Waals surface area (Å²) in [4.78, 5) is 3.98. The van der Waals surface area contributed by atoms with Gasteiger partial charge in [-0.25, -0.2) is 9.07 Å². The number of thiophene rings is 1. The van der Waals surface area contributed by atoms with Gasteiger partial charge in [-0.3, -0.25) is 4.90 Å². The summed E-state index contributed by atoms with van der Waals surface area (Å²) in [7, 11) is 0. The molecule has 5 nitrogen and oxygen atoms in total. The van der Waals surface area contributed by atoms with Gasteiger partial charge in [0.25, 0.3) is 0 Å². The molecule has 1 aliphatic heterocycles. The van der Waals surface area contributed by atoms with E-state index in [-0.39, 0.29) is 5.82 Å². The highest BCUT2D eigenvalue weighted by molar-refractivity contribution is 7.71. The number of rotatable bonds is 4. The summed E-state index contributed by atoms with van der Waals surface area (Å²) in [6.07, 6.45) is 3.65. The minimum atomic E-state index is -0.311. The lowest BCUT2D eigenvalue weighted by Crippen LogP contribution is -2.37. The van der Waals surface area contributed by atoms with Gasteiger partial charge in [0.1, 0.15) is 5.82 Å². The average Bonchev–Trinajstić information content (AvgIpc) is 3.25. The molecule has 5 rings (SSSR count). The molecule has 0 radical (unpaired) electrons. The van der Waals surface area contributed by atoms with Gasteiger partial charge in [0.2, 0.25) is 4.77 Å². The van der Waals surface area contributed by atoms with Crippen molar-refractivity contribution in [3.63, 3.8) is 0 Å². The third kappa shape index (κ3) is 2.82. The molecule has 0 N–H and O–H groups in total. The quantitative estimate of drug-likeness (QED) is 0.635. The van der Waals surface area contributed by atoms with Crippen molar-refractivity contribution in [1.29, 1.82) is 0 Å². The number of halogens is 1. The maximum Gasteiger partial charge on any atom is 0.221 e. The van der Waals surface area contributed by atoms with Crippen LogP contribution in [-0.4, -0.2) is 31.2 Å². The van der Waals surface area contributed by atoms with Crippen LogP contribution in [0.15, 0.2) is 35.7 Å². The summed E-state index contributed by atoms with van der Waals surface area (Å²) in [6.45, 7) is 1.62. The largest absolute Gasteiger partial charge is 0.276 e. The Kier molecular flexibility index (Phi) is 3.99. The van der Waals surface area contributed by atoms with Crippen LogP contribution < -0.4 is 0 Å². The Balaban J connectivity index is 1.44. The van der Waals surface area contributed by atoms with Crippen LogP contribution in [0.5, 0.6) is 0 Å². The zero-order valence-electron chi connectivity index (χ0n) is 14.1. The first-order valence-electron chi connectivity index (χ1n) is 8.80. The van der Waals surface area contributed by atoms with Crippen LogP contribution in [-0.2, 0) is 13.1 Å². The van der Waals surface area contributed by atoms with Crippen LogP contribution in [0, 0.1) is 16.5 Å². The van der Waals surface area contributed by atoms with E-state index in [1.807, 2.05) is 11.3 Å².